The van der Waals surface area contributed by atoms with E-state index in [4.69, 9.17) is 48.7 Å². The molecule has 0 aliphatic carbocycles. The zero-order valence-corrected chi connectivity index (χ0v) is 46.5. The van der Waals surface area contributed by atoms with E-state index >= 15 is 13.3 Å². The number of H-pyrrole nitrogens is 1. The number of rotatable bonds is 28. The number of halogens is 2. The van der Waals surface area contributed by atoms with E-state index in [1.54, 1.807) is 0 Å². The quantitative estimate of drug-likeness (QED) is 0.0206. The lowest BCUT2D eigenvalue weighted by Gasteiger charge is -2.28. The number of nitrogens with one attached hydrogen (secondary N) is 1. The number of fused-ring (bicyclic) bond motifs is 5. The maximum atomic E-state index is 17.2. The first-order valence-corrected chi connectivity index (χ1v) is 32.9. The van der Waals surface area contributed by atoms with E-state index in [0.717, 1.165) is 68.6 Å². The average molecular weight is 1150 g/mol. The van der Waals surface area contributed by atoms with E-state index < -0.39 is 112 Å². The SMILES string of the molecule is CCCCCCCCCCCC(=O)OCSP1(=O)CO[C@H]2[C@@H](F)[C@H](n3cnc4c(N)ncnc43)O[C@@H]2COP(=O)(SCOC(=O)CCCCCCCCCCC)O[C@@H]2[C@H](F)[C@@H](CO1)O[C@H]2n1cnc2c(=O)[nH]c(N)nc21. The fourth-order valence-corrected chi connectivity index (χ4v) is 14.7. The van der Waals surface area contributed by atoms with E-state index in [2.05, 4.69) is 43.8 Å². The van der Waals surface area contributed by atoms with Crippen molar-refractivity contribution < 1.29 is 64.8 Å². The van der Waals surface area contributed by atoms with Gasteiger partial charge in [0.2, 0.25) is 5.95 Å². The van der Waals surface area contributed by atoms with Gasteiger partial charge in [-0.3, -0.25) is 42.1 Å². The normalized spacial score (nSPS) is 27.2. The number of hydrogen-bond acceptors (Lipinski definition) is 22. The first-order chi connectivity index (χ1) is 36.7. The number of aromatic nitrogens is 8. The van der Waals surface area contributed by atoms with Gasteiger partial charge in [-0.05, 0) is 24.2 Å². The van der Waals surface area contributed by atoms with Crippen LogP contribution in [-0.4, -0.2) is 119 Å². The van der Waals surface area contributed by atoms with Crippen LogP contribution in [0.15, 0.2) is 23.8 Å². The first kappa shape index (κ1) is 59.9. The number of unbranched alkanes of at least 4 members (excludes halogenated alkanes) is 16. The molecule has 3 aliphatic rings. The number of carbonyl (C=O) groups is 2. The molecule has 7 heterocycles. The molecule has 424 valence electrons. The highest BCUT2D eigenvalue weighted by Gasteiger charge is 2.54. The van der Waals surface area contributed by atoms with Gasteiger partial charge in [0.05, 0.1) is 25.9 Å². The average Bonchev–Trinajstić information content (AvgIpc) is 4.19. The summed E-state index contributed by atoms with van der Waals surface area (Å²) in [5.41, 5.74) is 11.1. The number of anilines is 2. The van der Waals surface area contributed by atoms with E-state index in [-0.39, 0.29) is 46.9 Å². The Balaban J connectivity index is 1.11. The molecule has 5 N–H and O–H groups in total. The number of hydrogen-bond donors (Lipinski definition) is 3. The lowest BCUT2D eigenvalue weighted by atomic mass is 10.1. The summed E-state index contributed by atoms with van der Waals surface area (Å²) >= 11 is 1.01. The number of ether oxygens (including phenoxy) is 5. The first-order valence-electron chi connectivity index (χ1n) is 26.4. The predicted octanol–water partition coefficient (Wildman–Crippen LogP) is 9.98. The Morgan fingerprint density at radius 1 is 0.697 bits per heavy atom. The maximum absolute atomic E-state index is 17.2. The number of nitrogen functional groups attached to an aromatic ring is 2. The fraction of sp³-hybridized carbons (Fsp3) is 0.745. The van der Waals surface area contributed by atoms with Gasteiger partial charge in [-0.25, -0.2) is 33.3 Å². The molecule has 0 aromatic carbocycles. The molecule has 0 saturated carbocycles. The van der Waals surface area contributed by atoms with E-state index in [1.807, 2.05) is 0 Å². The van der Waals surface area contributed by atoms with E-state index in [1.165, 1.54) is 62.3 Å². The van der Waals surface area contributed by atoms with Crippen LogP contribution in [0, 0.1) is 0 Å². The predicted molar refractivity (Wildman–Crippen MR) is 282 cm³/mol. The van der Waals surface area contributed by atoms with Gasteiger partial charge in [0, 0.05) is 24.2 Å². The van der Waals surface area contributed by atoms with Crippen molar-refractivity contribution in [2.24, 2.45) is 0 Å². The van der Waals surface area contributed by atoms with Gasteiger partial charge in [-0.2, -0.15) is 4.98 Å². The van der Waals surface area contributed by atoms with Crippen LogP contribution < -0.4 is 17.0 Å². The highest BCUT2D eigenvalue weighted by molar-refractivity contribution is 8.56. The van der Waals surface area contributed by atoms with Crippen molar-refractivity contribution in [1.82, 2.24) is 39.0 Å². The monoisotopic (exact) mass is 1150 g/mol. The Kier molecular flexibility index (Phi) is 23.2. The van der Waals surface area contributed by atoms with Crippen molar-refractivity contribution in [3.63, 3.8) is 0 Å². The van der Waals surface area contributed by atoms with Gasteiger partial charge in [0.25, 0.3) is 12.1 Å². The summed E-state index contributed by atoms with van der Waals surface area (Å²) < 4.78 is 114. The zero-order valence-electron chi connectivity index (χ0n) is 43.1. The summed E-state index contributed by atoms with van der Waals surface area (Å²) in [4.78, 5) is 61.7. The maximum Gasteiger partial charge on any atom is 0.393 e. The lowest BCUT2D eigenvalue weighted by Crippen LogP contribution is -2.36. The number of carbonyl (C=O) groups excluding carboxylic acids is 2. The molecule has 3 saturated heterocycles. The molecule has 0 amide bonds. The fourth-order valence-electron chi connectivity index (χ4n) is 9.12. The van der Waals surface area contributed by atoms with Gasteiger partial charge in [0.1, 0.15) is 54.5 Å². The van der Waals surface area contributed by atoms with Gasteiger partial charge >= 0.3 is 18.7 Å². The molecule has 29 heteroatoms. The second-order valence-corrected chi connectivity index (χ2v) is 27.7. The molecule has 2 unspecified atom stereocenters. The lowest BCUT2D eigenvalue weighted by molar-refractivity contribution is -0.142. The van der Waals surface area contributed by atoms with Crippen LogP contribution in [0.5, 0.6) is 0 Å². The third kappa shape index (κ3) is 16.4. The Bertz CT molecular complexity index is 2660. The van der Waals surface area contributed by atoms with Crippen LogP contribution in [0.1, 0.15) is 155 Å². The second kappa shape index (κ2) is 29.4. The Labute approximate surface area is 447 Å². The van der Waals surface area contributed by atoms with Gasteiger partial charge < -0.3 is 39.7 Å². The summed E-state index contributed by atoms with van der Waals surface area (Å²) in [5, 5.41) is 0. The largest absolute Gasteiger partial charge is 0.454 e. The Morgan fingerprint density at radius 2 is 1.25 bits per heavy atom. The summed E-state index contributed by atoms with van der Waals surface area (Å²) in [7, 11) is 0. The molecular formula is C47H72F2N10O13P2S2. The molecule has 2 bridgehead atoms. The molecule has 76 heavy (non-hydrogen) atoms. The van der Waals surface area contributed by atoms with Gasteiger partial charge in [-0.15, -0.1) is 0 Å². The molecule has 7 rings (SSSR count). The van der Waals surface area contributed by atoms with Crippen LogP contribution in [0.4, 0.5) is 20.5 Å². The number of alkyl halides is 2. The third-order valence-corrected chi connectivity index (χ3v) is 20.4. The smallest absolute Gasteiger partial charge is 0.393 e. The number of nitrogens with two attached hydrogens (primary N) is 2. The van der Waals surface area contributed by atoms with Gasteiger partial charge in [0.15, 0.2) is 47.4 Å². The highest BCUT2D eigenvalue weighted by Crippen LogP contribution is 2.65. The Hall–Kier alpha value is -3.78. The van der Waals surface area contributed by atoms with Crippen LogP contribution in [0.25, 0.3) is 22.3 Å². The molecule has 3 aliphatic heterocycles. The molecule has 3 fully saturated rings. The topological polar surface area (TPSA) is 301 Å². The third-order valence-electron chi connectivity index (χ3n) is 13.3. The number of nitrogens with zero attached hydrogens (tertiary/aromatic N) is 7. The van der Waals surface area contributed by atoms with Crippen molar-refractivity contribution in [3.8, 4) is 0 Å². The minimum Gasteiger partial charge on any atom is -0.454 e. The van der Waals surface area contributed by atoms with Crippen LogP contribution in [0.2, 0.25) is 0 Å². The molecule has 4 aromatic rings. The minimum absolute atomic E-state index is 0.0146. The molecule has 10 atom stereocenters. The van der Waals surface area contributed by atoms with Crippen molar-refractivity contribution in [1.29, 1.82) is 0 Å². The van der Waals surface area contributed by atoms with Crippen molar-refractivity contribution in [3.05, 3.63) is 29.3 Å². The van der Waals surface area contributed by atoms with Crippen molar-refractivity contribution >= 4 is 82.2 Å². The summed E-state index contributed by atoms with van der Waals surface area (Å²) in [6, 6.07) is 0. The van der Waals surface area contributed by atoms with Crippen LogP contribution in [0.3, 0.4) is 0 Å². The van der Waals surface area contributed by atoms with Gasteiger partial charge in [-0.1, -0.05) is 117 Å². The number of aromatic amines is 1. The molecule has 0 radical (unpaired) electrons. The number of esters is 2. The molecule has 0 spiro atoms. The second-order valence-electron chi connectivity index (χ2n) is 19.0. The molecular weight excluding hydrogens is 1080 g/mol. The summed E-state index contributed by atoms with van der Waals surface area (Å²) in [5.74, 6) is -2.42. The van der Waals surface area contributed by atoms with Crippen molar-refractivity contribution in [2.45, 2.75) is 191 Å². The highest BCUT2D eigenvalue weighted by atomic mass is 32.7. The molecule has 23 nitrogen and oxygen atoms in total. The van der Waals surface area contributed by atoms with E-state index in [0.29, 0.717) is 35.6 Å². The minimum atomic E-state index is -4.75. The Morgan fingerprint density at radius 3 is 1.88 bits per heavy atom. The standard InChI is InChI=1S/C47H72F2N10O13P2S2/c1-3-5-7-9-11-13-15-17-19-21-33(60)66-29-75-73(63)28-65-39-32(71-45(36(39)49)58-26-54-37-41(50)52-25-53-42(37)58)24-69-74(64,76-30-67-34(61)22-20-18-16-14-12-10-8-6-4-2)72-40-35(48)31(23-68-73)70-46(40)59-27-55-38-43(59)56-47(51)57-44(38)62/h25-27,31-32,35-36,39-40,45-46H,3-24,28-30H2,1-2H3,(H2,50,52,53)(H3,51,56,57,62)/t31-,32-,35-,36-,39-,40-,45-,46-,73?,74?/m1/s1. The zero-order chi connectivity index (χ0) is 54.1. The van der Waals surface area contributed by atoms with Crippen LogP contribution >= 0.6 is 36.1 Å². The van der Waals surface area contributed by atoms with E-state index in [9.17, 15) is 18.9 Å². The summed E-state index contributed by atoms with van der Waals surface area (Å²) in [6.45, 7) is -6.18. The molecule has 4 aromatic heterocycles. The van der Waals surface area contributed by atoms with Crippen LogP contribution in [-0.2, 0) is 56.0 Å². The van der Waals surface area contributed by atoms with Crippen molar-refractivity contribution in [2.75, 3.05) is 42.9 Å². The number of imidazole rings is 2. The summed E-state index contributed by atoms with van der Waals surface area (Å²) in [6.07, 6.45) is 7.67.